The Kier molecular flexibility index (Phi) is 7.38. The maximum absolute atomic E-state index is 12.1. The van der Waals surface area contributed by atoms with Crippen molar-refractivity contribution in [2.45, 2.75) is 38.5 Å². The molecule has 7 heteroatoms. The topological polar surface area (TPSA) is 84.5 Å². The summed E-state index contributed by atoms with van der Waals surface area (Å²) in [6.45, 7) is 6.17. The molecule has 0 saturated heterocycles. The molecule has 146 valence electrons. The molecule has 2 rings (SSSR count). The van der Waals surface area contributed by atoms with E-state index in [1.54, 1.807) is 12.1 Å². The predicted octanol–water partition coefficient (Wildman–Crippen LogP) is 3.40. The fourth-order valence-electron chi connectivity index (χ4n) is 2.47. The van der Waals surface area contributed by atoms with E-state index >= 15 is 0 Å². The number of carbonyl (C=O) groups is 1. The Balaban J connectivity index is 1.90. The van der Waals surface area contributed by atoms with E-state index < -0.39 is 10.0 Å². The molecule has 0 saturated carbocycles. The number of unbranched alkanes of at least 4 members (excludes halogenated alkanes) is 1. The summed E-state index contributed by atoms with van der Waals surface area (Å²) in [6.07, 6.45) is 1.70. The van der Waals surface area contributed by atoms with Crippen LogP contribution in [0.1, 0.15) is 30.9 Å². The zero-order chi connectivity index (χ0) is 19.9. The highest BCUT2D eigenvalue weighted by Crippen LogP contribution is 2.17. The second-order valence-electron chi connectivity index (χ2n) is 6.38. The standard InChI is InChI=1S/C20H26N2O4S/c1-4-5-12-21-27(24,25)18-9-7-17(8-10-18)26-14-20(23)22-19-11-6-15(2)13-16(19)3/h6-11,13,21H,4-5,12,14H2,1-3H3,(H,22,23). The largest absolute Gasteiger partial charge is 0.484 e. The highest BCUT2D eigenvalue weighted by Gasteiger charge is 2.13. The zero-order valence-electron chi connectivity index (χ0n) is 15.9. The molecule has 0 fully saturated rings. The molecule has 27 heavy (non-hydrogen) atoms. The summed E-state index contributed by atoms with van der Waals surface area (Å²) in [6, 6.07) is 11.8. The predicted molar refractivity (Wildman–Crippen MR) is 107 cm³/mol. The molecule has 2 aromatic carbocycles. The Morgan fingerprint density at radius 3 is 2.41 bits per heavy atom. The fraction of sp³-hybridized carbons (Fsp3) is 0.350. The van der Waals surface area contributed by atoms with Gasteiger partial charge in [0.1, 0.15) is 5.75 Å². The van der Waals surface area contributed by atoms with Gasteiger partial charge in [-0.1, -0.05) is 31.0 Å². The molecule has 1 amide bonds. The van der Waals surface area contributed by atoms with Crippen LogP contribution in [-0.4, -0.2) is 27.5 Å². The molecule has 0 aromatic heterocycles. The number of hydrogen-bond acceptors (Lipinski definition) is 4. The first-order valence-corrected chi connectivity index (χ1v) is 10.4. The Bertz CT molecular complexity index is 877. The van der Waals surface area contributed by atoms with Crippen LogP contribution in [-0.2, 0) is 14.8 Å². The van der Waals surface area contributed by atoms with Crippen molar-refractivity contribution in [3.8, 4) is 5.75 Å². The van der Waals surface area contributed by atoms with E-state index in [0.29, 0.717) is 12.3 Å². The van der Waals surface area contributed by atoms with Gasteiger partial charge in [0.2, 0.25) is 10.0 Å². The van der Waals surface area contributed by atoms with Crippen LogP contribution in [0.3, 0.4) is 0 Å². The van der Waals surface area contributed by atoms with Crippen molar-refractivity contribution in [3.05, 3.63) is 53.6 Å². The molecule has 0 unspecified atom stereocenters. The summed E-state index contributed by atoms with van der Waals surface area (Å²) < 4.78 is 32.2. The van der Waals surface area contributed by atoms with Gasteiger partial charge in [-0.15, -0.1) is 0 Å². The van der Waals surface area contributed by atoms with Gasteiger partial charge in [-0.05, 0) is 56.2 Å². The average molecular weight is 391 g/mol. The van der Waals surface area contributed by atoms with Gasteiger partial charge in [0, 0.05) is 12.2 Å². The lowest BCUT2D eigenvalue weighted by atomic mass is 10.1. The third kappa shape index (κ3) is 6.37. The third-order valence-electron chi connectivity index (χ3n) is 3.98. The first kappa shape index (κ1) is 20.9. The summed E-state index contributed by atoms with van der Waals surface area (Å²) in [5, 5.41) is 2.80. The molecular weight excluding hydrogens is 364 g/mol. The van der Waals surface area contributed by atoms with E-state index in [0.717, 1.165) is 29.7 Å². The van der Waals surface area contributed by atoms with Crippen LogP contribution in [0.25, 0.3) is 0 Å². The Morgan fingerprint density at radius 2 is 1.78 bits per heavy atom. The normalized spacial score (nSPS) is 11.2. The van der Waals surface area contributed by atoms with Crippen molar-refractivity contribution in [3.63, 3.8) is 0 Å². The molecule has 0 bridgehead atoms. The molecule has 6 nitrogen and oxygen atoms in total. The van der Waals surface area contributed by atoms with Crippen LogP contribution in [0, 0.1) is 13.8 Å². The van der Waals surface area contributed by atoms with Crippen LogP contribution in [0.4, 0.5) is 5.69 Å². The molecule has 0 atom stereocenters. The monoisotopic (exact) mass is 390 g/mol. The maximum Gasteiger partial charge on any atom is 0.262 e. The number of benzene rings is 2. The first-order chi connectivity index (χ1) is 12.8. The highest BCUT2D eigenvalue weighted by atomic mass is 32.2. The van der Waals surface area contributed by atoms with E-state index in [1.165, 1.54) is 12.1 Å². The van der Waals surface area contributed by atoms with Crippen LogP contribution in [0.5, 0.6) is 5.75 Å². The zero-order valence-corrected chi connectivity index (χ0v) is 16.7. The van der Waals surface area contributed by atoms with Crippen LogP contribution >= 0.6 is 0 Å². The smallest absolute Gasteiger partial charge is 0.262 e. The van der Waals surface area contributed by atoms with Crippen LogP contribution in [0.15, 0.2) is 47.4 Å². The lowest BCUT2D eigenvalue weighted by molar-refractivity contribution is -0.118. The van der Waals surface area contributed by atoms with Crippen molar-refractivity contribution in [1.29, 1.82) is 0 Å². The van der Waals surface area contributed by atoms with Crippen molar-refractivity contribution in [2.75, 3.05) is 18.5 Å². The van der Waals surface area contributed by atoms with Crippen molar-refractivity contribution < 1.29 is 17.9 Å². The van der Waals surface area contributed by atoms with Crippen LogP contribution in [0.2, 0.25) is 0 Å². The maximum atomic E-state index is 12.1. The number of aryl methyl sites for hydroxylation is 2. The highest BCUT2D eigenvalue weighted by molar-refractivity contribution is 7.89. The molecule has 2 N–H and O–H groups in total. The Morgan fingerprint density at radius 1 is 1.07 bits per heavy atom. The number of anilines is 1. The van der Waals surface area contributed by atoms with Crippen LogP contribution < -0.4 is 14.8 Å². The van der Waals surface area contributed by atoms with Gasteiger partial charge in [-0.25, -0.2) is 13.1 Å². The molecule has 0 radical (unpaired) electrons. The van der Waals surface area contributed by atoms with Crippen molar-refractivity contribution >= 4 is 21.6 Å². The lowest BCUT2D eigenvalue weighted by Gasteiger charge is -2.11. The van der Waals surface area contributed by atoms with Gasteiger partial charge in [-0.3, -0.25) is 4.79 Å². The quantitative estimate of drug-likeness (QED) is 0.643. The number of sulfonamides is 1. The van der Waals surface area contributed by atoms with E-state index in [2.05, 4.69) is 10.0 Å². The molecule has 0 spiro atoms. The lowest BCUT2D eigenvalue weighted by Crippen LogP contribution is -2.24. The minimum atomic E-state index is -3.51. The molecule has 0 aliphatic carbocycles. The third-order valence-corrected chi connectivity index (χ3v) is 5.46. The number of amides is 1. The van der Waals surface area contributed by atoms with Crippen molar-refractivity contribution in [1.82, 2.24) is 4.72 Å². The number of ether oxygens (including phenoxy) is 1. The molecule has 0 aliphatic heterocycles. The molecule has 2 aromatic rings. The average Bonchev–Trinajstić information content (AvgIpc) is 2.63. The van der Waals surface area contributed by atoms with Gasteiger partial charge >= 0.3 is 0 Å². The number of rotatable bonds is 9. The van der Waals surface area contributed by atoms with E-state index in [-0.39, 0.29) is 17.4 Å². The summed E-state index contributed by atoms with van der Waals surface area (Å²) in [4.78, 5) is 12.2. The first-order valence-electron chi connectivity index (χ1n) is 8.91. The SMILES string of the molecule is CCCCNS(=O)(=O)c1ccc(OCC(=O)Nc2ccc(C)cc2C)cc1. The van der Waals surface area contributed by atoms with Gasteiger partial charge in [0.05, 0.1) is 4.90 Å². The second kappa shape index (κ2) is 9.53. The van der Waals surface area contributed by atoms with Gasteiger partial charge in [0.25, 0.3) is 5.91 Å². The minimum Gasteiger partial charge on any atom is -0.484 e. The van der Waals surface area contributed by atoms with Gasteiger partial charge in [-0.2, -0.15) is 0 Å². The van der Waals surface area contributed by atoms with Crippen molar-refractivity contribution in [2.24, 2.45) is 0 Å². The van der Waals surface area contributed by atoms with Gasteiger partial charge < -0.3 is 10.1 Å². The summed E-state index contributed by atoms with van der Waals surface area (Å²) in [7, 11) is -3.51. The second-order valence-corrected chi connectivity index (χ2v) is 8.14. The fourth-order valence-corrected chi connectivity index (χ4v) is 3.54. The summed E-state index contributed by atoms with van der Waals surface area (Å²) >= 11 is 0. The Hall–Kier alpha value is -2.38. The summed E-state index contributed by atoms with van der Waals surface area (Å²) in [5.74, 6) is 0.151. The molecular formula is C20H26N2O4S. The number of nitrogens with one attached hydrogen (secondary N) is 2. The molecule has 0 heterocycles. The molecule has 0 aliphatic rings. The van der Waals surface area contributed by atoms with E-state index in [4.69, 9.17) is 4.74 Å². The Labute approximate surface area is 161 Å². The van der Waals surface area contributed by atoms with Gasteiger partial charge in [0.15, 0.2) is 6.61 Å². The number of carbonyl (C=O) groups excluding carboxylic acids is 1. The van der Waals surface area contributed by atoms with E-state index in [1.807, 2.05) is 39.0 Å². The minimum absolute atomic E-state index is 0.159. The summed E-state index contributed by atoms with van der Waals surface area (Å²) in [5.41, 5.74) is 2.85. The van der Waals surface area contributed by atoms with E-state index in [9.17, 15) is 13.2 Å². The number of hydrogen-bond donors (Lipinski definition) is 2.